The molecule has 0 radical (unpaired) electrons. The molecule has 2 heterocycles. The van der Waals surface area contributed by atoms with E-state index < -0.39 is 41.4 Å². The number of nitrogens with zero attached hydrogens (tertiary/aromatic N) is 2. The van der Waals surface area contributed by atoms with E-state index in [0.29, 0.717) is 11.3 Å². The number of hydrogen-bond donors (Lipinski definition) is 3. The van der Waals surface area contributed by atoms with E-state index in [4.69, 9.17) is 4.74 Å². The van der Waals surface area contributed by atoms with Crippen molar-refractivity contribution in [3.8, 4) is 11.4 Å². The summed E-state index contributed by atoms with van der Waals surface area (Å²) >= 11 is 0. The first-order valence-electron chi connectivity index (χ1n) is 9.37. The quantitative estimate of drug-likeness (QED) is 0.532. The lowest BCUT2D eigenvalue weighted by Gasteiger charge is -2.34. The van der Waals surface area contributed by atoms with Crippen molar-refractivity contribution >= 4 is 23.2 Å². The van der Waals surface area contributed by atoms with Crippen molar-refractivity contribution in [1.82, 2.24) is 10.1 Å². The van der Waals surface area contributed by atoms with Crippen LogP contribution in [0.15, 0.2) is 51.8 Å². The van der Waals surface area contributed by atoms with Crippen molar-refractivity contribution in [2.24, 2.45) is 0 Å². The first-order valence-corrected chi connectivity index (χ1v) is 9.37. The summed E-state index contributed by atoms with van der Waals surface area (Å²) in [4.78, 5) is 39.7. The molecule has 2 unspecified atom stereocenters. The molecule has 12 heteroatoms. The Hall–Kier alpha value is -3.90. The van der Waals surface area contributed by atoms with Gasteiger partial charge in [0.15, 0.2) is 29.7 Å². The fraction of sp³-hybridized carbons (Fsp3) is 0.200. The first kappa shape index (κ1) is 21.3. The van der Waals surface area contributed by atoms with E-state index in [2.05, 4.69) is 20.0 Å². The molecule has 1 aromatic heterocycles. The molecule has 1 saturated heterocycles. The van der Waals surface area contributed by atoms with Gasteiger partial charge in [0.2, 0.25) is 0 Å². The number of benzene rings is 2. The van der Waals surface area contributed by atoms with Crippen LogP contribution in [0.2, 0.25) is 0 Å². The fourth-order valence-electron chi connectivity index (χ4n) is 3.16. The van der Waals surface area contributed by atoms with Crippen LogP contribution in [0, 0.1) is 11.6 Å². The van der Waals surface area contributed by atoms with Crippen LogP contribution in [0.5, 0.6) is 0 Å². The zero-order chi connectivity index (χ0) is 22.8. The lowest BCUT2D eigenvalue weighted by atomic mass is 10.1. The summed E-state index contributed by atoms with van der Waals surface area (Å²) in [7, 11) is 0. The SMILES string of the molecule is O=C(Nc1ccc(-c2noc(=O)[nH]2)cc1)C(O)C1OCCN(c2ccc(F)c(F)c2)C1=O. The van der Waals surface area contributed by atoms with E-state index in [0.717, 1.165) is 17.0 Å². The van der Waals surface area contributed by atoms with Gasteiger partial charge in [0.1, 0.15) is 0 Å². The van der Waals surface area contributed by atoms with E-state index in [9.17, 15) is 28.3 Å². The summed E-state index contributed by atoms with van der Waals surface area (Å²) in [5.41, 5.74) is 0.892. The molecule has 1 aliphatic rings. The molecule has 0 bridgehead atoms. The molecule has 3 N–H and O–H groups in total. The zero-order valence-corrected chi connectivity index (χ0v) is 16.2. The fourth-order valence-corrected chi connectivity index (χ4v) is 3.16. The molecule has 1 aliphatic heterocycles. The summed E-state index contributed by atoms with van der Waals surface area (Å²) in [5.74, 6) is -4.38. The summed E-state index contributed by atoms with van der Waals surface area (Å²) in [5, 5.41) is 16.4. The summed E-state index contributed by atoms with van der Waals surface area (Å²) in [6.07, 6.45) is -3.39. The zero-order valence-electron chi connectivity index (χ0n) is 16.2. The Labute approximate surface area is 178 Å². The Bertz CT molecular complexity index is 1210. The van der Waals surface area contributed by atoms with Gasteiger partial charge in [-0.3, -0.25) is 19.1 Å². The standard InChI is InChI=1S/C20H16F2N4O6/c21-13-6-5-12(9-14(13)22)26-7-8-31-16(19(26)29)15(27)18(28)23-11-3-1-10(2-4-11)17-24-20(30)32-25-17/h1-6,9,15-16,27H,7-8H2,(H,23,28)(H,24,25,30). The molecule has 166 valence electrons. The third-order valence-electron chi connectivity index (χ3n) is 4.76. The second-order valence-electron chi connectivity index (χ2n) is 6.83. The van der Waals surface area contributed by atoms with Gasteiger partial charge in [-0.05, 0) is 36.4 Å². The molecule has 4 rings (SSSR count). The van der Waals surface area contributed by atoms with Crippen LogP contribution in [0.25, 0.3) is 11.4 Å². The Morgan fingerprint density at radius 1 is 1.19 bits per heavy atom. The highest BCUT2D eigenvalue weighted by Crippen LogP contribution is 2.23. The molecule has 2 aromatic carbocycles. The van der Waals surface area contributed by atoms with Crippen LogP contribution in [-0.2, 0) is 14.3 Å². The molecular formula is C20H16F2N4O6. The Morgan fingerprint density at radius 2 is 1.94 bits per heavy atom. The van der Waals surface area contributed by atoms with Gasteiger partial charge in [0.25, 0.3) is 11.8 Å². The summed E-state index contributed by atoms with van der Waals surface area (Å²) < 4.78 is 36.4. The number of aliphatic hydroxyl groups is 1. The molecule has 2 atom stereocenters. The largest absolute Gasteiger partial charge is 0.439 e. The van der Waals surface area contributed by atoms with E-state index in [1.807, 2.05) is 0 Å². The maximum atomic E-state index is 13.5. The third-order valence-corrected chi connectivity index (χ3v) is 4.76. The number of aliphatic hydroxyl groups excluding tert-OH is 1. The van der Waals surface area contributed by atoms with Crippen LogP contribution in [0.4, 0.5) is 20.2 Å². The Kier molecular flexibility index (Phi) is 5.79. The maximum Gasteiger partial charge on any atom is 0.439 e. The highest BCUT2D eigenvalue weighted by Gasteiger charge is 2.39. The van der Waals surface area contributed by atoms with Gasteiger partial charge >= 0.3 is 5.76 Å². The van der Waals surface area contributed by atoms with Crippen molar-refractivity contribution in [2.45, 2.75) is 12.2 Å². The minimum Gasteiger partial charge on any atom is -0.380 e. The van der Waals surface area contributed by atoms with Crippen molar-refractivity contribution < 1.29 is 32.7 Å². The number of rotatable bonds is 5. The average molecular weight is 446 g/mol. The predicted octanol–water partition coefficient (Wildman–Crippen LogP) is 1.04. The van der Waals surface area contributed by atoms with Crippen molar-refractivity contribution in [1.29, 1.82) is 0 Å². The monoisotopic (exact) mass is 446 g/mol. The number of nitrogens with one attached hydrogen (secondary N) is 2. The number of ether oxygens (including phenoxy) is 1. The van der Waals surface area contributed by atoms with Gasteiger partial charge in [-0.25, -0.2) is 13.6 Å². The van der Waals surface area contributed by atoms with Crippen LogP contribution >= 0.6 is 0 Å². The molecule has 0 saturated carbocycles. The highest BCUT2D eigenvalue weighted by atomic mass is 19.2. The number of carbonyl (C=O) groups excluding carboxylic acids is 2. The molecule has 2 amide bonds. The number of aromatic amines is 1. The van der Waals surface area contributed by atoms with Crippen LogP contribution in [0.1, 0.15) is 0 Å². The van der Waals surface area contributed by atoms with Gasteiger partial charge in [-0.2, -0.15) is 0 Å². The van der Waals surface area contributed by atoms with E-state index >= 15 is 0 Å². The number of morpholine rings is 1. The second kappa shape index (κ2) is 8.69. The normalized spacial score (nSPS) is 17.3. The summed E-state index contributed by atoms with van der Waals surface area (Å²) in [6.45, 7) is 0.0185. The molecule has 0 aliphatic carbocycles. The maximum absolute atomic E-state index is 13.5. The van der Waals surface area contributed by atoms with Gasteiger partial charge in [-0.15, -0.1) is 0 Å². The van der Waals surface area contributed by atoms with Crippen molar-refractivity contribution in [3.63, 3.8) is 0 Å². The number of halogens is 2. The lowest BCUT2D eigenvalue weighted by Crippen LogP contribution is -2.55. The van der Waals surface area contributed by atoms with Gasteiger partial charge in [0, 0.05) is 29.5 Å². The molecule has 3 aromatic rings. The summed E-state index contributed by atoms with van der Waals surface area (Å²) in [6, 6.07) is 9.02. The topological polar surface area (TPSA) is 138 Å². The number of anilines is 2. The smallest absolute Gasteiger partial charge is 0.380 e. The molecule has 0 spiro atoms. The molecular weight excluding hydrogens is 430 g/mol. The van der Waals surface area contributed by atoms with E-state index in [1.54, 1.807) is 12.1 Å². The number of amides is 2. The van der Waals surface area contributed by atoms with Gasteiger partial charge < -0.3 is 20.1 Å². The average Bonchev–Trinajstić information content (AvgIpc) is 3.22. The van der Waals surface area contributed by atoms with Crippen LogP contribution in [0.3, 0.4) is 0 Å². The number of hydrogen-bond acceptors (Lipinski definition) is 7. The van der Waals surface area contributed by atoms with Crippen LogP contribution < -0.4 is 16.0 Å². The van der Waals surface area contributed by atoms with E-state index in [-0.39, 0.29) is 24.7 Å². The Morgan fingerprint density at radius 3 is 2.59 bits per heavy atom. The van der Waals surface area contributed by atoms with Crippen molar-refractivity contribution in [3.05, 3.63) is 64.6 Å². The molecule has 1 fully saturated rings. The number of aromatic nitrogens is 2. The number of carbonyl (C=O) groups is 2. The first-order chi connectivity index (χ1) is 15.3. The van der Waals surface area contributed by atoms with Gasteiger partial charge in [0.05, 0.1) is 6.61 Å². The Balaban J connectivity index is 1.44. The van der Waals surface area contributed by atoms with E-state index in [1.165, 1.54) is 18.2 Å². The second-order valence-corrected chi connectivity index (χ2v) is 6.83. The molecule has 10 nitrogen and oxygen atoms in total. The van der Waals surface area contributed by atoms with Crippen molar-refractivity contribution in [2.75, 3.05) is 23.4 Å². The van der Waals surface area contributed by atoms with Gasteiger partial charge in [-0.1, -0.05) is 5.16 Å². The predicted molar refractivity (Wildman–Crippen MR) is 106 cm³/mol. The van der Waals surface area contributed by atoms with Crippen LogP contribution in [-0.4, -0.2) is 52.4 Å². The molecule has 32 heavy (non-hydrogen) atoms. The number of H-pyrrole nitrogens is 1. The highest BCUT2D eigenvalue weighted by molar-refractivity contribution is 6.03. The lowest BCUT2D eigenvalue weighted by molar-refractivity contribution is -0.150. The minimum atomic E-state index is -1.86. The minimum absolute atomic E-state index is 0.0235. The third kappa shape index (κ3) is 4.26.